The van der Waals surface area contributed by atoms with E-state index in [2.05, 4.69) is 38.0 Å². The van der Waals surface area contributed by atoms with Crippen molar-refractivity contribution in [1.29, 1.82) is 0 Å². The van der Waals surface area contributed by atoms with Crippen molar-refractivity contribution in [2.24, 2.45) is 4.99 Å². The van der Waals surface area contributed by atoms with Gasteiger partial charge in [0.15, 0.2) is 5.96 Å². The fourth-order valence-corrected chi connectivity index (χ4v) is 4.49. The molecule has 2 heterocycles. The predicted molar refractivity (Wildman–Crippen MR) is 135 cm³/mol. The summed E-state index contributed by atoms with van der Waals surface area (Å²) < 4.78 is 11.2. The fraction of sp³-hybridized carbons (Fsp3) is 0.476. The third kappa shape index (κ3) is 7.35. The number of benzene rings is 1. The van der Waals surface area contributed by atoms with Crippen molar-refractivity contribution >= 4 is 52.9 Å². The number of nitrogens with zero attached hydrogens (tertiary/aromatic N) is 2. The van der Waals surface area contributed by atoms with Crippen LogP contribution in [0.5, 0.6) is 0 Å². The third-order valence-corrected chi connectivity index (χ3v) is 6.21. The molecule has 6 nitrogen and oxygen atoms in total. The van der Waals surface area contributed by atoms with Crippen LogP contribution in [0.1, 0.15) is 22.6 Å². The van der Waals surface area contributed by atoms with Gasteiger partial charge in [0.25, 0.3) is 0 Å². The van der Waals surface area contributed by atoms with Gasteiger partial charge in [-0.1, -0.05) is 29.8 Å². The lowest BCUT2D eigenvalue weighted by Gasteiger charge is -2.34. The molecule has 1 aromatic carbocycles. The molecule has 2 atom stereocenters. The average Bonchev–Trinajstić information content (AvgIpc) is 3.28. The van der Waals surface area contributed by atoms with Gasteiger partial charge in [0, 0.05) is 50.2 Å². The van der Waals surface area contributed by atoms with Gasteiger partial charge >= 0.3 is 0 Å². The standard InChI is InChI=1S/C21H29ClN4O2S.HI/c1-23-21(25-15-19(27-2)16-5-3-6-17(22)13-16)24-14-18(20-7-4-12-29-20)26-8-10-28-11-9-26;/h3-7,12-13,18-19H,8-11,14-15H2,1-2H3,(H2,23,24,25);1H. The number of guanidine groups is 1. The zero-order valence-corrected chi connectivity index (χ0v) is 21.2. The summed E-state index contributed by atoms with van der Waals surface area (Å²) in [5.74, 6) is 0.754. The number of halogens is 2. The number of aliphatic imine (C=N–C) groups is 1. The average molecular weight is 565 g/mol. The van der Waals surface area contributed by atoms with Crippen LogP contribution in [0, 0.1) is 0 Å². The molecule has 1 fully saturated rings. The second-order valence-corrected chi connectivity index (χ2v) is 8.21. The van der Waals surface area contributed by atoms with Gasteiger partial charge in [-0.05, 0) is 29.1 Å². The summed E-state index contributed by atoms with van der Waals surface area (Å²) in [4.78, 5) is 8.20. The van der Waals surface area contributed by atoms with E-state index in [1.807, 2.05) is 24.3 Å². The largest absolute Gasteiger partial charge is 0.379 e. The van der Waals surface area contributed by atoms with Crippen LogP contribution in [-0.2, 0) is 9.47 Å². The summed E-state index contributed by atoms with van der Waals surface area (Å²) in [7, 11) is 3.49. The molecule has 2 aromatic rings. The van der Waals surface area contributed by atoms with Gasteiger partial charge in [-0.3, -0.25) is 9.89 Å². The first-order chi connectivity index (χ1) is 14.2. The van der Waals surface area contributed by atoms with Crippen molar-refractivity contribution < 1.29 is 9.47 Å². The highest BCUT2D eigenvalue weighted by molar-refractivity contribution is 14.0. The molecule has 0 radical (unpaired) electrons. The van der Waals surface area contributed by atoms with Crippen LogP contribution in [0.15, 0.2) is 46.8 Å². The molecule has 2 N–H and O–H groups in total. The monoisotopic (exact) mass is 564 g/mol. The van der Waals surface area contributed by atoms with E-state index >= 15 is 0 Å². The smallest absolute Gasteiger partial charge is 0.191 e. The Kier molecular flexibility index (Phi) is 11.4. The first kappa shape index (κ1) is 25.4. The summed E-state index contributed by atoms with van der Waals surface area (Å²) in [6, 6.07) is 12.3. The van der Waals surface area contributed by atoms with Crippen LogP contribution in [0.4, 0.5) is 0 Å². The van der Waals surface area contributed by atoms with Gasteiger partial charge in [-0.15, -0.1) is 35.3 Å². The second-order valence-electron chi connectivity index (χ2n) is 6.79. The van der Waals surface area contributed by atoms with E-state index in [0.717, 1.165) is 44.4 Å². The maximum Gasteiger partial charge on any atom is 0.191 e. The zero-order valence-electron chi connectivity index (χ0n) is 17.3. The molecule has 1 aromatic heterocycles. The van der Waals surface area contributed by atoms with Crippen molar-refractivity contribution in [2.45, 2.75) is 12.1 Å². The second kappa shape index (κ2) is 13.5. The number of hydrogen-bond acceptors (Lipinski definition) is 5. The van der Waals surface area contributed by atoms with Crippen molar-refractivity contribution in [3.8, 4) is 0 Å². The highest BCUT2D eigenvalue weighted by Crippen LogP contribution is 2.25. The molecule has 0 bridgehead atoms. The number of methoxy groups -OCH3 is 1. The highest BCUT2D eigenvalue weighted by atomic mass is 127. The molecule has 9 heteroatoms. The Balaban J connectivity index is 0.00000320. The minimum Gasteiger partial charge on any atom is -0.379 e. The first-order valence-electron chi connectivity index (χ1n) is 9.79. The Bertz CT molecular complexity index is 772. The molecule has 1 aliphatic rings. The molecule has 1 saturated heterocycles. The van der Waals surface area contributed by atoms with E-state index < -0.39 is 0 Å². The number of ether oxygens (including phenoxy) is 2. The maximum atomic E-state index is 6.12. The molecule has 0 spiro atoms. The number of rotatable bonds is 8. The summed E-state index contributed by atoms with van der Waals surface area (Å²) in [6.45, 7) is 4.81. The van der Waals surface area contributed by atoms with Gasteiger partial charge in [-0.2, -0.15) is 0 Å². The number of morpholine rings is 1. The van der Waals surface area contributed by atoms with Crippen LogP contribution in [0.2, 0.25) is 5.02 Å². The molecule has 1 aliphatic heterocycles. The van der Waals surface area contributed by atoms with E-state index in [-0.39, 0.29) is 30.1 Å². The molecule has 0 amide bonds. The van der Waals surface area contributed by atoms with E-state index in [0.29, 0.717) is 17.6 Å². The van der Waals surface area contributed by atoms with Gasteiger partial charge in [0.1, 0.15) is 0 Å². The minimum absolute atomic E-state index is 0. The zero-order chi connectivity index (χ0) is 20.5. The number of thiophene rings is 1. The van der Waals surface area contributed by atoms with E-state index in [4.69, 9.17) is 21.1 Å². The van der Waals surface area contributed by atoms with Gasteiger partial charge in [-0.25, -0.2) is 0 Å². The van der Waals surface area contributed by atoms with Crippen LogP contribution in [-0.4, -0.2) is 64.4 Å². The Morgan fingerprint density at radius 1 is 1.23 bits per heavy atom. The minimum atomic E-state index is -0.111. The molecule has 0 saturated carbocycles. The molecule has 3 rings (SSSR count). The number of hydrogen-bond donors (Lipinski definition) is 2. The molecular weight excluding hydrogens is 535 g/mol. The summed E-state index contributed by atoms with van der Waals surface area (Å²) in [5, 5.41) is 9.69. The van der Waals surface area contributed by atoms with E-state index in [9.17, 15) is 0 Å². The summed E-state index contributed by atoms with van der Waals surface area (Å²) in [6.07, 6.45) is -0.111. The van der Waals surface area contributed by atoms with Gasteiger partial charge in [0.05, 0.1) is 25.4 Å². The Morgan fingerprint density at radius 2 is 2.00 bits per heavy atom. The van der Waals surface area contributed by atoms with Gasteiger partial charge in [0.2, 0.25) is 0 Å². The Hall–Kier alpha value is -0.910. The summed E-state index contributed by atoms with van der Waals surface area (Å²) >= 11 is 7.91. The van der Waals surface area contributed by atoms with Crippen LogP contribution < -0.4 is 10.6 Å². The molecule has 166 valence electrons. The third-order valence-electron chi connectivity index (χ3n) is 5.00. The Morgan fingerprint density at radius 3 is 2.63 bits per heavy atom. The van der Waals surface area contributed by atoms with Crippen LogP contribution in [0.25, 0.3) is 0 Å². The van der Waals surface area contributed by atoms with Crippen molar-refractivity contribution in [3.63, 3.8) is 0 Å². The van der Waals surface area contributed by atoms with E-state index in [1.165, 1.54) is 4.88 Å². The van der Waals surface area contributed by atoms with Crippen LogP contribution in [0.3, 0.4) is 0 Å². The maximum absolute atomic E-state index is 6.12. The predicted octanol–water partition coefficient (Wildman–Crippen LogP) is 3.95. The lowest BCUT2D eigenvalue weighted by molar-refractivity contribution is 0.0177. The fourth-order valence-electron chi connectivity index (χ4n) is 3.43. The Labute approximate surface area is 205 Å². The molecule has 30 heavy (non-hydrogen) atoms. The van der Waals surface area contributed by atoms with E-state index in [1.54, 1.807) is 25.5 Å². The summed E-state index contributed by atoms with van der Waals surface area (Å²) in [5.41, 5.74) is 1.03. The highest BCUT2D eigenvalue weighted by Gasteiger charge is 2.23. The van der Waals surface area contributed by atoms with Crippen molar-refractivity contribution in [1.82, 2.24) is 15.5 Å². The SMILES string of the molecule is CN=C(NCC(OC)c1cccc(Cl)c1)NCC(c1cccs1)N1CCOCC1.I. The number of nitrogens with one attached hydrogen (secondary N) is 2. The topological polar surface area (TPSA) is 58.1 Å². The quantitative estimate of drug-likeness (QED) is 0.289. The van der Waals surface area contributed by atoms with Crippen LogP contribution >= 0.6 is 46.9 Å². The van der Waals surface area contributed by atoms with Crippen molar-refractivity contribution in [3.05, 3.63) is 57.2 Å². The lowest BCUT2D eigenvalue weighted by Crippen LogP contribution is -2.46. The van der Waals surface area contributed by atoms with Crippen molar-refractivity contribution in [2.75, 3.05) is 53.6 Å². The first-order valence-corrected chi connectivity index (χ1v) is 11.0. The normalized spacial score (nSPS) is 17.1. The molecular formula is C21H30ClIN4O2S. The molecule has 0 aliphatic carbocycles. The van der Waals surface area contributed by atoms with Gasteiger partial charge < -0.3 is 20.1 Å². The lowest BCUT2D eigenvalue weighted by atomic mass is 10.1. The molecule has 2 unspecified atom stereocenters.